The van der Waals surface area contributed by atoms with Crippen molar-refractivity contribution >= 4 is 11.7 Å². The van der Waals surface area contributed by atoms with E-state index in [2.05, 4.69) is 15.5 Å². The summed E-state index contributed by atoms with van der Waals surface area (Å²) in [7, 11) is 0. The molecule has 30 heavy (non-hydrogen) atoms. The number of carbonyl (C=O) groups excluding carboxylic acids is 1. The number of amides is 1. The predicted octanol–water partition coefficient (Wildman–Crippen LogP) is 2.68. The molecular weight excluding hydrogens is 380 g/mol. The van der Waals surface area contributed by atoms with Gasteiger partial charge >= 0.3 is 0 Å². The maximum absolute atomic E-state index is 12.7. The summed E-state index contributed by atoms with van der Waals surface area (Å²) in [5.41, 5.74) is 3.48. The molecule has 154 valence electrons. The molecule has 0 spiro atoms. The number of nitrogens with one attached hydrogen (secondary N) is 1. The van der Waals surface area contributed by atoms with Crippen molar-refractivity contribution in [2.45, 2.75) is 47.1 Å². The summed E-state index contributed by atoms with van der Waals surface area (Å²) in [6.07, 6.45) is 1.11. The van der Waals surface area contributed by atoms with Gasteiger partial charge in [0.15, 0.2) is 0 Å². The molecule has 0 fully saturated rings. The summed E-state index contributed by atoms with van der Waals surface area (Å²) in [5, 5.41) is 21.0. The van der Waals surface area contributed by atoms with Crippen LogP contribution in [0.25, 0.3) is 5.69 Å². The number of nitriles is 1. The highest BCUT2D eigenvalue weighted by atomic mass is 16.2. The third kappa shape index (κ3) is 4.15. The third-order valence-electron chi connectivity index (χ3n) is 4.81. The van der Waals surface area contributed by atoms with E-state index in [4.69, 9.17) is 0 Å². The molecule has 0 saturated heterocycles. The minimum Gasteiger partial charge on any atom is -0.309 e. The first kappa shape index (κ1) is 21.0. The molecule has 0 unspecified atom stereocenters. The zero-order valence-electron chi connectivity index (χ0n) is 17.6. The van der Waals surface area contributed by atoms with E-state index in [0.717, 1.165) is 21.6 Å². The molecule has 1 amide bonds. The normalized spacial score (nSPS) is 10.6. The standard InChI is InChI=1S/C22H24N6O2/c1-5-17-18(12-23)22(30)27(26-19(17)6-2)13-21(29)24-20-11-15(4)25-28(20)16-9-7-14(3)8-10-16/h7-11H,5-6,13H2,1-4H3,(H,24,29). The smallest absolute Gasteiger partial charge is 0.285 e. The number of nitrogens with zero attached hydrogens (tertiary/aromatic N) is 5. The second kappa shape index (κ2) is 8.74. The number of hydrogen-bond donors (Lipinski definition) is 1. The second-order valence-electron chi connectivity index (χ2n) is 7.05. The van der Waals surface area contributed by atoms with Crippen LogP contribution in [0.15, 0.2) is 35.1 Å². The van der Waals surface area contributed by atoms with Crippen LogP contribution in [0, 0.1) is 25.2 Å². The van der Waals surface area contributed by atoms with Gasteiger partial charge in [-0.25, -0.2) is 9.36 Å². The van der Waals surface area contributed by atoms with Gasteiger partial charge in [0.05, 0.1) is 17.1 Å². The average molecular weight is 404 g/mol. The topological polar surface area (TPSA) is 106 Å². The summed E-state index contributed by atoms with van der Waals surface area (Å²) in [4.78, 5) is 25.3. The first-order valence-corrected chi connectivity index (χ1v) is 9.84. The van der Waals surface area contributed by atoms with Gasteiger partial charge in [-0.05, 0) is 44.4 Å². The molecule has 2 heterocycles. The van der Waals surface area contributed by atoms with E-state index in [1.54, 1.807) is 10.7 Å². The lowest BCUT2D eigenvalue weighted by molar-refractivity contribution is -0.117. The van der Waals surface area contributed by atoms with E-state index in [0.29, 0.717) is 29.9 Å². The molecule has 0 aliphatic carbocycles. The lowest BCUT2D eigenvalue weighted by atomic mass is 10.0. The van der Waals surface area contributed by atoms with Gasteiger partial charge in [-0.1, -0.05) is 31.5 Å². The molecular formula is C22H24N6O2. The van der Waals surface area contributed by atoms with Crippen molar-refractivity contribution in [3.8, 4) is 11.8 Å². The van der Waals surface area contributed by atoms with Crippen LogP contribution in [0.1, 0.15) is 41.9 Å². The highest BCUT2D eigenvalue weighted by Crippen LogP contribution is 2.18. The van der Waals surface area contributed by atoms with Crippen molar-refractivity contribution in [2.24, 2.45) is 0 Å². The number of aryl methyl sites for hydroxylation is 3. The van der Waals surface area contributed by atoms with E-state index in [-0.39, 0.29) is 12.1 Å². The van der Waals surface area contributed by atoms with E-state index in [1.807, 2.05) is 58.0 Å². The zero-order chi connectivity index (χ0) is 21.8. The van der Waals surface area contributed by atoms with Crippen LogP contribution in [-0.2, 0) is 24.2 Å². The maximum Gasteiger partial charge on any atom is 0.285 e. The summed E-state index contributed by atoms with van der Waals surface area (Å²) in [5.74, 6) is 0.0730. The Morgan fingerprint density at radius 3 is 2.43 bits per heavy atom. The van der Waals surface area contributed by atoms with E-state index >= 15 is 0 Å². The van der Waals surface area contributed by atoms with E-state index < -0.39 is 11.5 Å². The van der Waals surface area contributed by atoms with Crippen LogP contribution in [0.2, 0.25) is 0 Å². The number of rotatable bonds is 6. The molecule has 1 N–H and O–H groups in total. The van der Waals surface area contributed by atoms with Gasteiger partial charge in [0.25, 0.3) is 5.56 Å². The largest absolute Gasteiger partial charge is 0.309 e. The summed E-state index contributed by atoms with van der Waals surface area (Å²) < 4.78 is 2.70. The number of carbonyl (C=O) groups is 1. The number of aromatic nitrogens is 4. The van der Waals surface area contributed by atoms with Gasteiger partial charge in [0.1, 0.15) is 24.0 Å². The Balaban J connectivity index is 1.90. The minimum atomic E-state index is -0.551. The molecule has 0 bridgehead atoms. The molecule has 3 aromatic rings. The summed E-state index contributed by atoms with van der Waals surface area (Å²) >= 11 is 0. The Bertz CT molecular complexity index is 1180. The van der Waals surface area contributed by atoms with Crippen LogP contribution in [-0.4, -0.2) is 25.5 Å². The fourth-order valence-electron chi connectivity index (χ4n) is 3.33. The molecule has 1 aromatic carbocycles. The third-order valence-corrected chi connectivity index (χ3v) is 4.81. The van der Waals surface area contributed by atoms with Crippen LogP contribution in [0.4, 0.5) is 5.82 Å². The summed E-state index contributed by atoms with van der Waals surface area (Å²) in [6.45, 7) is 7.32. The molecule has 8 nitrogen and oxygen atoms in total. The van der Waals surface area contributed by atoms with E-state index in [9.17, 15) is 14.9 Å². The highest BCUT2D eigenvalue weighted by molar-refractivity contribution is 5.90. The Hall–Kier alpha value is -3.73. The second-order valence-corrected chi connectivity index (χ2v) is 7.05. The first-order chi connectivity index (χ1) is 14.4. The fraction of sp³-hybridized carbons (Fsp3) is 0.318. The van der Waals surface area contributed by atoms with Crippen molar-refractivity contribution in [1.29, 1.82) is 5.26 Å². The average Bonchev–Trinajstić information content (AvgIpc) is 3.09. The van der Waals surface area contributed by atoms with E-state index in [1.165, 1.54) is 0 Å². The van der Waals surface area contributed by atoms with Gasteiger partial charge in [-0.2, -0.15) is 15.5 Å². The molecule has 8 heteroatoms. The Labute approximate surface area is 174 Å². The van der Waals surface area contributed by atoms with Crippen LogP contribution < -0.4 is 10.9 Å². The van der Waals surface area contributed by atoms with Crippen molar-refractivity contribution < 1.29 is 4.79 Å². The van der Waals surface area contributed by atoms with Gasteiger partial charge in [-0.15, -0.1) is 0 Å². The quantitative estimate of drug-likeness (QED) is 0.680. The maximum atomic E-state index is 12.7. The monoisotopic (exact) mass is 404 g/mol. The number of hydrogen-bond acceptors (Lipinski definition) is 5. The lowest BCUT2D eigenvalue weighted by Gasteiger charge is -2.12. The highest BCUT2D eigenvalue weighted by Gasteiger charge is 2.18. The molecule has 3 rings (SSSR count). The SMILES string of the molecule is CCc1nn(CC(=O)Nc2cc(C)nn2-c2ccc(C)cc2)c(=O)c(C#N)c1CC. The Morgan fingerprint density at radius 2 is 1.83 bits per heavy atom. The van der Waals surface area contributed by atoms with Gasteiger partial charge in [0, 0.05) is 6.07 Å². The predicted molar refractivity (Wildman–Crippen MR) is 114 cm³/mol. The van der Waals surface area contributed by atoms with Crippen LogP contribution in [0.3, 0.4) is 0 Å². The zero-order valence-corrected chi connectivity index (χ0v) is 17.6. The molecule has 0 aliphatic rings. The molecule has 0 radical (unpaired) electrons. The first-order valence-electron chi connectivity index (χ1n) is 9.84. The molecule has 2 aromatic heterocycles. The molecule has 0 atom stereocenters. The van der Waals surface area contributed by atoms with Crippen molar-refractivity contribution in [1.82, 2.24) is 19.6 Å². The summed E-state index contributed by atoms with van der Waals surface area (Å²) in [6, 6.07) is 11.5. The van der Waals surface area contributed by atoms with Gasteiger partial charge in [-0.3, -0.25) is 9.59 Å². The van der Waals surface area contributed by atoms with Gasteiger partial charge in [0.2, 0.25) is 5.91 Å². The van der Waals surface area contributed by atoms with Crippen molar-refractivity contribution in [2.75, 3.05) is 5.32 Å². The Morgan fingerprint density at radius 1 is 1.13 bits per heavy atom. The Kier molecular flexibility index (Phi) is 6.11. The van der Waals surface area contributed by atoms with Gasteiger partial charge < -0.3 is 5.32 Å². The van der Waals surface area contributed by atoms with Crippen molar-refractivity contribution in [3.63, 3.8) is 0 Å². The number of anilines is 1. The van der Waals surface area contributed by atoms with Crippen LogP contribution in [0.5, 0.6) is 0 Å². The fourth-order valence-corrected chi connectivity index (χ4v) is 3.33. The van der Waals surface area contributed by atoms with Crippen molar-refractivity contribution in [3.05, 3.63) is 68.8 Å². The molecule has 0 aliphatic heterocycles. The number of benzene rings is 1. The van der Waals surface area contributed by atoms with Crippen LogP contribution >= 0.6 is 0 Å². The molecule has 0 saturated carbocycles. The lowest BCUT2D eigenvalue weighted by Crippen LogP contribution is -2.33. The minimum absolute atomic E-state index is 0.0534.